The summed E-state index contributed by atoms with van der Waals surface area (Å²) in [5, 5.41) is 2.61. The van der Waals surface area contributed by atoms with Crippen molar-refractivity contribution in [2.24, 2.45) is 4.99 Å². The lowest BCUT2D eigenvalue weighted by Crippen LogP contribution is -2.45. The summed E-state index contributed by atoms with van der Waals surface area (Å²) >= 11 is 0. The van der Waals surface area contributed by atoms with Gasteiger partial charge in [-0.3, -0.25) is 4.99 Å². The van der Waals surface area contributed by atoms with Gasteiger partial charge in [0, 0.05) is 23.4 Å². The third-order valence-electron chi connectivity index (χ3n) is 10.1. The van der Waals surface area contributed by atoms with Crippen LogP contribution in [0.3, 0.4) is 0 Å². The van der Waals surface area contributed by atoms with Crippen LogP contribution in [-0.2, 0) is 0 Å². The quantitative estimate of drug-likeness (QED) is 0.333. The van der Waals surface area contributed by atoms with Crippen molar-refractivity contribution < 1.29 is 4.74 Å². The molecular formula is C32H39NO. The van der Waals surface area contributed by atoms with E-state index in [2.05, 4.69) is 89.3 Å². The standard InChI is InChI=1S/C32H39NO/c1-14-17(4)21(8)29-26(18(14)5)22(9)23(10)31-30(29)33-13-32(34-31)24(11)27-19(6)15(2)16(3)20(7)28(27)25(32)12/h13,24-25H,1-12H3. The molecule has 34 heavy (non-hydrogen) atoms. The molecule has 0 radical (unpaired) electrons. The van der Waals surface area contributed by atoms with E-state index >= 15 is 0 Å². The van der Waals surface area contributed by atoms with Crippen molar-refractivity contribution in [3.05, 3.63) is 66.8 Å². The van der Waals surface area contributed by atoms with E-state index in [1.54, 1.807) is 0 Å². The van der Waals surface area contributed by atoms with E-state index in [-0.39, 0.29) is 11.8 Å². The largest absolute Gasteiger partial charge is 0.478 e. The monoisotopic (exact) mass is 453 g/mol. The number of hydrogen-bond acceptors (Lipinski definition) is 2. The number of fused-ring (bicyclic) bond motifs is 4. The zero-order valence-electron chi connectivity index (χ0n) is 23.1. The fourth-order valence-electron chi connectivity index (χ4n) is 7.06. The Bertz CT molecular complexity index is 1410. The van der Waals surface area contributed by atoms with Gasteiger partial charge < -0.3 is 4.74 Å². The smallest absolute Gasteiger partial charge is 0.157 e. The Kier molecular flexibility index (Phi) is 4.90. The molecule has 3 aromatic carbocycles. The fourth-order valence-corrected chi connectivity index (χ4v) is 7.06. The molecule has 2 heteroatoms. The number of rotatable bonds is 0. The van der Waals surface area contributed by atoms with Crippen molar-refractivity contribution in [3.63, 3.8) is 0 Å². The van der Waals surface area contributed by atoms with Gasteiger partial charge in [-0.15, -0.1) is 0 Å². The van der Waals surface area contributed by atoms with Gasteiger partial charge in [0.1, 0.15) is 11.4 Å². The van der Waals surface area contributed by atoms with Gasteiger partial charge >= 0.3 is 0 Å². The van der Waals surface area contributed by atoms with Gasteiger partial charge in [-0.2, -0.15) is 0 Å². The van der Waals surface area contributed by atoms with E-state index in [0.29, 0.717) is 0 Å². The van der Waals surface area contributed by atoms with Gasteiger partial charge in [0.05, 0.1) is 0 Å². The molecule has 1 spiro atoms. The number of benzene rings is 3. The van der Waals surface area contributed by atoms with Gasteiger partial charge in [-0.25, -0.2) is 0 Å². The maximum absolute atomic E-state index is 7.21. The highest BCUT2D eigenvalue weighted by atomic mass is 16.5. The zero-order chi connectivity index (χ0) is 25.0. The molecule has 0 saturated carbocycles. The van der Waals surface area contributed by atoms with Crippen LogP contribution in [0.4, 0.5) is 5.69 Å². The van der Waals surface area contributed by atoms with Crippen LogP contribution in [0.25, 0.3) is 10.8 Å². The van der Waals surface area contributed by atoms with Crippen LogP contribution in [0.2, 0.25) is 0 Å². The molecule has 2 nitrogen and oxygen atoms in total. The number of aryl methyl sites for hydroxylation is 3. The van der Waals surface area contributed by atoms with Gasteiger partial charge in [0.2, 0.25) is 0 Å². The lowest BCUT2D eigenvalue weighted by molar-refractivity contribution is 0.107. The van der Waals surface area contributed by atoms with Gasteiger partial charge in [-0.1, -0.05) is 13.8 Å². The molecule has 5 rings (SSSR count). The Labute approximate surface area is 205 Å². The van der Waals surface area contributed by atoms with Crippen LogP contribution in [0.5, 0.6) is 5.75 Å². The van der Waals surface area contributed by atoms with Crippen LogP contribution in [0, 0.1) is 69.2 Å². The molecule has 2 aliphatic rings. The highest BCUT2D eigenvalue weighted by Crippen LogP contribution is 2.58. The van der Waals surface area contributed by atoms with E-state index in [1.807, 2.05) is 0 Å². The lowest BCUT2D eigenvalue weighted by atomic mass is 9.81. The Morgan fingerprint density at radius 1 is 0.559 bits per heavy atom. The molecular weight excluding hydrogens is 414 g/mol. The SMILES string of the molecule is Cc1c(C)c(C)c2c(c1C)C(C)C1(C=Nc3c(c(C)c(C)c4c(C)c(C)c(C)c(C)c34)O1)C2C. The molecule has 0 fully saturated rings. The minimum atomic E-state index is -0.460. The van der Waals surface area contributed by atoms with E-state index in [0.717, 1.165) is 11.4 Å². The first-order valence-electron chi connectivity index (χ1n) is 12.7. The van der Waals surface area contributed by atoms with Gasteiger partial charge in [0.25, 0.3) is 0 Å². The lowest BCUT2D eigenvalue weighted by Gasteiger charge is -2.39. The van der Waals surface area contributed by atoms with Crippen molar-refractivity contribution in [1.82, 2.24) is 0 Å². The molecule has 2 unspecified atom stereocenters. The number of hydrogen-bond donors (Lipinski definition) is 0. The van der Waals surface area contributed by atoms with Gasteiger partial charge in [-0.05, 0) is 141 Å². The average molecular weight is 454 g/mol. The van der Waals surface area contributed by atoms with Crippen LogP contribution in [-0.4, -0.2) is 11.8 Å². The summed E-state index contributed by atoms with van der Waals surface area (Å²) in [4.78, 5) is 5.27. The Hall–Kier alpha value is -2.61. The highest BCUT2D eigenvalue weighted by molar-refractivity contribution is 6.06. The Morgan fingerprint density at radius 2 is 0.971 bits per heavy atom. The maximum atomic E-state index is 7.21. The fraction of sp³-hybridized carbons (Fsp3) is 0.469. The molecule has 0 saturated heterocycles. The van der Waals surface area contributed by atoms with Gasteiger partial charge in [0.15, 0.2) is 5.60 Å². The summed E-state index contributed by atoms with van der Waals surface area (Å²) in [5.41, 5.74) is 17.1. The predicted molar refractivity (Wildman–Crippen MR) is 146 cm³/mol. The number of aliphatic imine (C=N–C) groups is 1. The van der Waals surface area contributed by atoms with Crippen molar-refractivity contribution in [1.29, 1.82) is 0 Å². The maximum Gasteiger partial charge on any atom is 0.157 e. The van der Waals surface area contributed by atoms with Crippen molar-refractivity contribution in [2.45, 2.75) is 101 Å². The molecule has 0 amide bonds. The Balaban J connectivity index is 1.81. The van der Waals surface area contributed by atoms with E-state index in [9.17, 15) is 0 Å². The summed E-state index contributed by atoms with van der Waals surface area (Å²) in [6, 6.07) is 0. The van der Waals surface area contributed by atoms with E-state index in [1.165, 1.54) is 77.5 Å². The molecule has 3 aromatic rings. The molecule has 0 bridgehead atoms. The second-order valence-corrected chi connectivity index (χ2v) is 11.2. The second kappa shape index (κ2) is 7.20. The summed E-state index contributed by atoms with van der Waals surface area (Å²) in [6.45, 7) is 27.2. The zero-order valence-corrected chi connectivity index (χ0v) is 23.1. The summed E-state index contributed by atoms with van der Waals surface area (Å²) in [7, 11) is 0. The molecule has 1 heterocycles. The third kappa shape index (κ3) is 2.55. The topological polar surface area (TPSA) is 21.6 Å². The summed E-state index contributed by atoms with van der Waals surface area (Å²) < 4.78 is 7.21. The van der Waals surface area contributed by atoms with Crippen LogP contribution >= 0.6 is 0 Å². The number of nitrogens with zero attached hydrogens (tertiary/aromatic N) is 1. The van der Waals surface area contributed by atoms with Crippen molar-refractivity contribution in [2.75, 3.05) is 0 Å². The minimum Gasteiger partial charge on any atom is -0.478 e. The minimum absolute atomic E-state index is 0.241. The molecule has 1 aliphatic carbocycles. The third-order valence-corrected chi connectivity index (χ3v) is 10.1. The highest BCUT2D eigenvalue weighted by Gasteiger charge is 2.54. The first kappa shape index (κ1) is 23.1. The second-order valence-electron chi connectivity index (χ2n) is 11.2. The average Bonchev–Trinajstić information content (AvgIpc) is 3.02. The van der Waals surface area contributed by atoms with Crippen molar-refractivity contribution >= 4 is 22.7 Å². The van der Waals surface area contributed by atoms with Crippen LogP contribution in [0.15, 0.2) is 4.99 Å². The molecule has 1 aliphatic heterocycles. The predicted octanol–water partition coefficient (Wildman–Crippen LogP) is 8.68. The Morgan fingerprint density at radius 3 is 1.47 bits per heavy atom. The van der Waals surface area contributed by atoms with Crippen molar-refractivity contribution in [3.8, 4) is 5.75 Å². The van der Waals surface area contributed by atoms with E-state index < -0.39 is 5.60 Å². The molecule has 178 valence electrons. The van der Waals surface area contributed by atoms with Crippen LogP contribution < -0.4 is 4.74 Å². The first-order chi connectivity index (χ1) is 15.9. The first-order valence-corrected chi connectivity index (χ1v) is 12.7. The normalized spacial score (nSPS) is 22.9. The van der Waals surface area contributed by atoms with Crippen LogP contribution in [0.1, 0.15) is 92.4 Å². The molecule has 2 atom stereocenters. The number of ether oxygens (including phenoxy) is 1. The summed E-state index contributed by atoms with van der Waals surface area (Å²) in [6.07, 6.45) is 2.16. The molecule has 0 aromatic heterocycles. The van der Waals surface area contributed by atoms with E-state index in [4.69, 9.17) is 9.73 Å². The summed E-state index contributed by atoms with van der Waals surface area (Å²) in [5.74, 6) is 1.46. The molecule has 0 N–H and O–H groups in total.